The number of sulfone groups is 1. The minimum Gasteiger partial charge on any atom is -0.497 e. The molecule has 0 radical (unpaired) electrons. The number of hydrogen-bond acceptors (Lipinski definition) is 5. The Balaban J connectivity index is 0.00000158. The zero-order chi connectivity index (χ0) is 24.9. The predicted molar refractivity (Wildman–Crippen MR) is 136 cm³/mol. The fourth-order valence-electron chi connectivity index (χ4n) is 3.81. The van der Waals surface area contributed by atoms with Crippen molar-refractivity contribution in [1.82, 2.24) is 0 Å². The molecular weight excluding hydrogens is 450 g/mol. The summed E-state index contributed by atoms with van der Waals surface area (Å²) in [5.74, 6) is 1.14. The van der Waals surface area contributed by atoms with Crippen molar-refractivity contribution in [2.75, 3.05) is 31.9 Å². The van der Waals surface area contributed by atoms with Gasteiger partial charge in [0.15, 0.2) is 9.84 Å². The lowest BCUT2D eigenvalue weighted by atomic mass is 9.97. The fraction of sp³-hybridized carbons (Fsp3) is 0.222. The van der Waals surface area contributed by atoms with Gasteiger partial charge in [-0.05, 0) is 53.1 Å². The van der Waals surface area contributed by atoms with Crippen LogP contribution in [0.15, 0.2) is 77.7 Å². The molecule has 6 nitrogen and oxygen atoms in total. The molecule has 1 heterocycles. The van der Waals surface area contributed by atoms with E-state index < -0.39 is 9.84 Å². The van der Waals surface area contributed by atoms with E-state index in [0.717, 1.165) is 16.7 Å². The summed E-state index contributed by atoms with van der Waals surface area (Å²) < 4.78 is 34.5. The first kappa shape index (κ1) is 25.1. The van der Waals surface area contributed by atoms with E-state index in [-0.39, 0.29) is 10.8 Å². The molecule has 0 spiro atoms. The van der Waals surface area contributed by atoms with E-state index in [9.17, 15) is 13.2 Å². The lowest BCUT2D eigenvalue weighted by Gasteiger charge is -2.20. The van der Waals surface area contributed by atoms with Crippen LogP contribution in [-0.4, -0.2) is 41.3 Å². The molecule has 1 amide bonds. The van der Waals surface area contributed by atoms with E-state index in [4.69, 9.17) is 9.47 Å². The van der Waals surface area contributed by atoms with Crippen LogP contribution < -0.4 is 14.4 Å². The quantitative estimate of drug-likeness (QED) is 0.492. The Morgan fingerprint density at radius 3 is 1.94 bits per heavy atom. The Morgan fingerprint density at radius 2 is 1.38 bits per heavy atom. The van der Waals surface area contributed by atoms with E-state index in [0.29, 0.717) is 29.3 Å². The molecular formula is C27H29NO5S. The number of anilines is 1. The highest BCUT2D eigenvalue weighted by Gasteiger charge is 2.34. The first-order valence-corrected chi connectivity index (χ1v) is 12.9. The Kier molecular flexibility index (Phi) is 7.79. The van der Waals surface area contributed by atoms with E-state index in [1.807, 2.05) is 62.4 Å². The molecule has 0 N–H and O–H groups in total. The van der Waals surface area contributed by atoms with Crippen LogP contribution in [-0.2, 0) is 14.6 Å². The Hall–Kier alpha value is -3.58. The van der Waals surface area contributed by atoms with Crippen molar-refractivity contribution in [1.29, 1.82) is 0 Å². The maximum Gasteiger partial charge on any atom is 0.259 e. The van der Waals surface area contributed by atoms with Crippen LogP contribution in [0.4, 0.5) is 5.69 Å². The van der Waals surface area contributed by atoms with E-state index >= 15 is 0 Å². The van der Waals surface area contributed by atoms with Crippen molar-refractivity contribution in [3.63, 3.8) is 0 Å². The maximum atomic E-state index is 13.6. The Labute approximate surface area is 201 Å². The summed E-state index contributed by atoms with van der Waals surface area (Å²) in [6.07, 6.45) is 1.17. The number of carbonyl (C=O) groups is 1. The molecule has 3 aromatic carbocycles. The van der Waals surface area contributed by atoms with Crippen molar-refractivity contribution >= 4 is 32.6 Å². The number of carbonyl (C=O) groups excluding carboxylic acids is 1. The monoisotopic (exact) mass is 479 g/mol. The zero-order valence-corrected chi connectivity index (χ0v) is 20.8. The molecule has 1 aliphatic heterocycles. The van der Waals surface area contributed by atoms with Crippen LogP contribution in [0.1, 0.15) is 25.0 Å². The molecule has 0 saturated carbocycles. The normalized spacial score (nSPS) is 13.4. The van der Waals surface area contributed by atoms with Gasteiger partial charge in [-0.3, -0.25) is 4.79 Å². The SMILES string of the molecule is CC.COc1ccc(C2=C(c3ccc(S(C)(=O)=O)cc3)CN(c3ccccc3OC)C2=O)cc1. The van der Waals surface area contributed by atoms with Gasteiger partial charge in [-0.25, -0.2) is 8.42 Å². The highest BCUT2D eigenvalue weighted by molar-refractivity contribution is 7.90. The van der Waals surface area contributed by atoms with E-state index in [2.05, 4.69) is 0 Å². The number of amides is 1. The molecule has 0 saturated heterocycles. The van der Waals surface area contributed by atoms with Gasteiger partial charge in [-0.2, -0.15) is 0 Å². The van der Waals surface area contributed by atoms with Gasteiger partial charge in [-0.15, -0.1) is 0 Å². The average Bonchev–Trinajstić information content (AvgIpc) is 3.21. The summed E-state index contributed by atoms with van der Waals surface area (Å²) in [6, 6.07) is 21.3. The number of para-hydroxylation sites is 2. The topological polar surface area (TPSA) is 72.9 Å². The number of methoxy groups -OCH3 is 2. The second-order valence-electron chi connectivity index (χ2n) is 7.44. The van der Waals surface area contributed by atoms with Crippen LogP contribution >= 0.6 is 0 Å². The minimum atomic E-state index is -3.31. The van der Waals surface area contributed by atoms with Crippen molar-refractivity contribution in [2.24, 2.45) is 0 Å². The number of ether oxygens (including phenoxy) is 2. The smallest absolute Gasteiger partial charge is 0.259 e. The highest BCUT2D eigenvalue weighted by atomic mass is 32.2. The van der Waals surface area contributed by atoms with Gasteiger partial charge < -0.3 is 14.4 Å². The van der Waals surface area contributed by atoms with Gasteiger partial charge in [0, 0.05) is 6.26 Å². The van der Waals surface area contributed by atoms with Crippen LogP contribution in [0.2, 0.25) is 0 Å². The van der Waals surface area contributed by atoms with Gasteiger partial charge in [0.1, 0.15) is 11.5 Å². The van der Waals surface area contributed by atoms with Gasteiger partial charge in [0.25, 0.3) is 5.91 Å². The summed E-state index contributed by atoms with van der Waals surface area (Å²) in [5, 5.41) is 0. The van der Waals surface area contributed by atoms with Crippen LogP contribution in [0, 0.1) is 0 Å². The second-order valence-corrected chi connectivity index (χ2v) is 9.46. The predicted octanol–water partition coefficient (Wildman–Crippen LogP) is 5.09. The van der Waals surface area contributed by atoms with Gasteiger partial charge >= 0.3 is 0 Å². The summed E-state index contributed by atoms with van der Waals surface area (Å²) in [7, 11) is -0.152. The van der Waals surface area contributed by atoms with Crippen LogP contribution in [0.5, 0.6) is 11.5 Å². The summed E-state index contributed by atoms with van der Waals surface area (Å²) in [4.78, 5) is 15.5. The summed E-state index contributed by atoms with van der Waals surface area (Å²) in [5.41, 5.74) is 3.59. The zero-order valence-electron chi connectivity index (χ0n) is 20.0. The maximum absolute atomic E-state index is 13.6. The Morgan fingerprint density at radius 1 is 0.794 bits per heavy atom. The number of benzene rings is 3. The van der Waals surface area contributed by atoms with Crippen LogP contribution in [0.3, 0.4) is 0 Å². The second kappa shape index (κ2) is 10.6. The molecule has 0 atom stereocenters. The van der Waals surface area contributed by atoms with E-state index in [1.165, 1.54) is 6.26 Å². The first-order valence-electron chi connectivity index (χ1n) is 11.0. The molecule has 34 heavy (non-hydrogen) atoms. The van der Waals surface area contributed by atoms with Crippen molar-refractivity contribution in [3.05, 3.63) is 83.9 Å². The molecule has 4 rings (SSSR count). The van der Waals surface area contributed by atoms with Gasteiger partial charge in [0.2, 0.25) is 0 Å². The lowest BCUT2D eigenvalue weighted by Crippen LogP contribution is -2.26. The molecule has 1 aliphatic rings. The standard InChI is InChI=1S/C25H23NO5S.C2H6/c1-30-19-12-8-18(9-13-19)24-21(17-10-14-20(15-11-17)32(3,28)29)16-26(25(24)27)22-6-4-5-7-23(22)31-2;1-2/h4-15H,16H2,1-3H3;1-2H3. The molecule has 178 valence electrons. The third kappa shape index (κ3) is 4.99. The highest BCUT2D eigenvalue weighted by Crippen LogP contribution is 2.40. The molecule has 7 heteroatoms. The lowest BCUT2D eigenvalue weighted by molar-refractivity contribution is -0.112. The van der Waals surface area contributed by atoms with Crippen molar-refractivity contribution in [3.8, 4) is 11.5 Å². The third-order valence-electron chi connectivity index (χ3n) is 5.46. The third-order valence-corrected chi connectivity index (χ3v) is 6.59. The number of hydrogen-bond donors (Lipinski definition) is 0. The largest absolute Gasteiger partial charge is 0.497 e. The van der Waals surface area contributed by atoms with Gasteiger partial charge in [-0.1, -0.05) is 50.2 Å². The molecule has 3 aromatic rings. The van der Waals surface area contributed by atoms with Crippen LogP contribution in [0.25, 0.3) is 11.1 Å². The van der Waals surface area contributed by atoms with Crippen molar-refractivity contribution < 1.29 is 22.7 Å². The number of rotatable bonds is 6. The minimum absolute atomic E-state index is 0.151. The number of nitrogens with zero attached hydrogens (tertiary/aromatic N) is 1. The van der Waals surface area contributed by atoms with Gasteiger partial charge in [0.05, 0.1) is 36.9 Å². The fourth-order valence-corrected chi connectivity index (χ4v) is 4.45. The Bertz CT molecular complexity index is 1290. The first-order chi connectivity index (χ1) is 16.3. The molecule has 0 bridgehead atoms. The molecule has 0 aromatic heterocycles. The average molecular weight is 480 g/mol. The summed E-state index contributed by atoms with van der Waals surface area (Å²) >= 11 is 0. The molecule has 0 unspecified atom stereocenters. The summed E-state index contributed by atoms with van der Waals surface area (Å²) in [6.45, 7) is 4.33. The molecule has 0 fully saturated rings. The van der Waals surface area contributed by atoms with Crippen molar-refractivity contribution in [2.45, 2.75) is 18.7 Å². The van der Waals surface area contributed by atoms with E-state index in [1.54, 1.807) is 43.4 Å². The molecule has 0 aliphatic carbocycles.